The highest BCUT2D eigenvalue weighted by Gasteiger charge is 2.13. The second-order valence-electron chi connectivity index (χ2n) is 4.80. The first kappa shape index (κ1) is 12.6. The largest absolute Gasteiger partial charge is 0.507 e. The zero-order chi connectivity index (χ0) is 13.9. The van der Waals surface area contributed by atoms with E-state index >= 15 is 0 Å². The Morgan fingerprint density at radius 1 is 1.05 bits per heavy atom. The van der Waals surface area contributed by atoms with Crippen molar-refractivity contribution in [2.75, 3.05) is 5.32 Å². The molecule has 0 saturated heterocycles. The van der Waals surface area contributed by atoms with Gasteiger partial charge in [0.15, 0.2) is 0 Å². The van der Waals surface area contributed by atoms with E-state index in [1.165, 1.54) is 0 Å². The SMILES string of the molecule is CCC(Nc1cccc2c(O)cccc12)c1ccco1. The number of hydrogen-bond donors (Lipinski definition) is 2. The van der Waals surface area contributed by atoms with Crippen molar-refractivity contribution >= 4 is 16.5 Å². The van der Waals surface area contributed by atoms with Gasteiger partial charge in [-0.1, -0.05) is 31.2 Å². The molecule has 102 valence electrons. The van der Waals surface area contributed by atoms with Crippen molar-refractivity contribution in [1.82, 2.24) is 0 Å². The van der Waals surface area contributed by atoms with E-state index in [1.54, 1.807) is 12.3 Å². The van der Waals surface area contributed by atoms with Crippen molar-refractivity contribution in [2.45, 2.75) is 19.4 Å². The predicted octanol–water partition coefficient (Wildman–Crippen LogP) is 4.70. The molecule has 0 fully saturated rings. The molecule has 0 spiro atoms. The van der Waals surface area contributed by atoms with Crippen LogP contribution in [0.3, 0.4) is 0 Å². The molecule has 0 saturated carbocycles. The lowest BCUT2D eigenvalue weighted by Gasteiger charge is -2.18. The summed E-state index contributed by atoms with van der Waals surface area (Å²) in [6.07, 6.45) is 2.61. The molecule has 3 rings (SSSR count). The van der Waals surface area contributed by atoms with Crippen LogP contribution < -0.4 is 5.32 Å². The molecule has 3 aromatic rings. The van der Waals surface area contributed by atoms with Crippen LogP contribution in [0.2, 0.25) is 0 Å². The minimum absolute atomic E-state index is 0.123. The summed E-state index contributed by atoms with van der Waals surface area (Å²) >= 11 is 0. The first-order valence-electron chi connectivity index (χ1n) is 6.80. The van der Waals surface area contributed by atoms with Gasteiger partial charge in [0, 0.05) is 16.5 Å². The fourth-order valence-corrected chi connectivity index (χ4v) is 2.47. The van der Waals surface area contributed by atoms with Gasteiger partial charge in [-0.2, -0.15) is 0 Å². The zero-order valence-corrected chi connectivity index (χ0v) is 11.3. The van der Waals surface area contributed by atoms with E-state index in [0.717, 1.165) is 28.6 Å². The van der Waals surface area contributed by atoms with Crippen molar-refractivity contribution < 1.29 is 9.52 Å². The number of furan rings is 1. The maximum Gasteiger partial charge on any atom is 0.125 e. The number of fused-ring (bicyclic) bond motifs is 1. The Morgan fingerprint density at radius 2 is 1.85 bits per heavy atom. The number of anilines is 1. The summed E-state index contributed by atoms with van der Waals surface area (Å²) in [7, 11) is 0. The van der Waals surface area contributed by atoms with Crippen LogP contribution in [-0.2, 0) is 0 Å². The molecule has 2 aromatic carbocycles. The molecule has 3 heteroatoms. The molecule has 0 radical (unpaired) electrons. The van der Waals surface area contributed by atoms with Crippen molar-refractivity contribution in [2.24, 2.45) is 0 Å². The lowest BCUT2D eigenvalue weighted by atomic mass is 10.1. The van der Waals surface area contributed by atoms with Gasteiger partial charge in [-0.15, -0.1) is 0 Å². The van der Waals surface area contributed by atoms with Gasteiger partial charge in [-0.05, 0) is 30.7 Å². The average Bonchev–Trinajstić information content (AvgIpc) is 2.99. The number of phenolic OH excluding ortho intramolecular Hbond substituents is 1. The van der Waals surface area contributed by atoms with Crippen molar-refractivity contribution in [3.8, 4) is 5.75 Å². The van der Waals surface area contributed by atoms with Crippen LogP contribution in [0, 0.1) is 0 Å². The smallest absolute Gasteiger partial charge is 0.125 e. The second kappa shape index (κ2) is 5.29. The molecule has 1 unspecified atom stereocenters. The molecular weight excluding hydrogens is 250 g/mol. The van der Waals surface area contributed by atoms with Crippen LogP contribution in [0.25, 0.3) is 10.8 Å². The Bertz CT molecular complexity index is 704. The summed E-state index contributed by atoms with van der Waals surface area (Å²) in [5, 5.41) is 15.3. The number of benzene rings is 2. The highest BCUT2D eigenvalue weighted by molar-refractivity contribution is 5.97. The molecule has 0 bridgehead atoms. The van der Waals surface area contributed by atoms with Crippen molar-refractivity contribution in [3.05, 3.63) is 60.6 Å². The molecule has 20 heavy (non-hydrogen) atoms. The van der Waals surface area contributed by atoms with Gasteiger partial charge in [-0.3, -0.25) is 0 Å². The normalized spacial score (nSPS) is 12.4. The Balaban J connectivity index is 2.00. The van der Waals surface area contributed by atoms with Crippen molar-refractivity contribution in [1.29, 1.82) is 0 Å². The first-order chi connectivity index (χ1) is 9.79. The Kier molecular flexibility index (Phi) is 3.33. The molecule has 2 N–H and O–H groups in total. The van der Waals surface area contributed by atoms with E-state index in [1.807, 2.05) is 42.5 Å². The highest BCUT2D eigenvalue weighted by atomic mass is 16.3. The quantitative estimate of drug-likeness (QED) is 0.720. The highest BCUT2D eigenvalue weighted by Crippen LogP contribution is 2.32. The van der Waals surface area contributed by atoms with Gasteiger partial charge < -0.3 is 14.8 Å². The summed E-state index contributed by atoms with van der Waals surface area (Å²) in [6, 6.07) is 15.5. The number of hydrogen-bond acceptors (Lipinski definition) is 3. The minimum atomic E-state index is 0.123. The Labute approximate surface area is 117 Å². The van der Waals surface area contributed by atoms with Gasteiger partial charge in [0.25, 0.3) is 0 Å². The second-order valence-corrected chi connectivity index (χ2v) is 4.80. The number of aromatic hydroxyl groups is 1. The summed E-state index contributed by atoms with van der Waals surface area (Å²) in [5.41, 5.74) is 1.00. The minimum Gasteiger partial charge on any atom is -0.507 e. The van der Waals surface area contributed by atoms with E-state index in [2.05, 4.69) is 12.2 Å². The predicted molar refractivity (Wildman–Crippen MR) is 81.0 cm³/mol. The molecule has 0 amide bonds. The molecule has 1 heterocycles. The van der Waals surface area contributed by atoms with Gasteiger partial charge in [-0.25, -0.2) is 0 Å². The first-order valence-corrected chi connectivity index (χ1v) is 6.80. The number of rotatable bonds is 4. The zero-order valence-electron chi connectivity index (χ0n) is 11.3. The Hall–Kier alpha value is -2.42. The van der Waals surface area contributed by atoms with Gasteiger partial charge in [0.2, 0.25) is 0 Å². The topological polar surface area (TPSA) is 45.4 Å². The van der Waals surface area contributed by atoms with E-state index < -0.39 is 0 Å². The fourth-order valence-electron chi connectivity index (χ4n) is 2.47. The third-order valence-corrected chi connectivity index (χ3v) is 3.52. The molecule has 3 nitrogen and oxygen atoms in total. The van der Waals surface area contributed by atoms with Crippen LogP contribution in [-0.4, -0.2) is 5.11 Å². The van der Waals surface area contributed by atoms with Crippen LogP contribution >= 0.6 is 0 Å². The third kappa shape index (κ3) is 2.23. The molecule has 0 aliphatic heterocycles. The molecule has 1 atom stereocenters. The van der Waals surface area contributed by atoms with E-state index in [-0.39, 0.29) is 6.04 Å². The standard InChI is InChI=1S/C17H17NO2/c1-2-14(17-10-5-11-20-17)18-15-8-3-7-13-12(15)6-4-9-16(13)19/h3-11,14,18-19H,2H2,1H3. The summed E-state index contributed by atoms with van der Waals surface area (Å²) in [4.78, 5) is 0. The average molecular weight is 267 g/mol. The molecule has 0 aliphatic carbocycles. The van der Waals surface area contributed by atoms with E-state index in [9.17, 15) is 5.11 Å². The lowest BCUT2D eigenvalue weighted by molar-refractivity contribution is 0.474. The number of nitrogens with one attached hydrogen (secondary N) is 1. The fraction of sp³-hybridized carbons (Fsp3) is 0.176. The summed E-state index contributed by atoms with van der Waals surface area (Å²) < 4.78 is 5.48. The van der Waals surface area contributed by atoms with E-state index in [0.29, 0.717) is 5.75 Å². The summed E-state index contributed by atoms with van der Waals surface area (Å²) in [5.74, 6) is 1.22. The van der Waals surface area contributed by atoms with E-state index in [4.69, 9.17) is 4.42 Å². The third-order valence-electron chi connectivity index (χ3n) is 3.52. The van der Waals surface area contributed by atoms with Crippen molar-refractivity contribution in [3.63, 3.8) is 0 Å². The molecular formula is C17H17NO2. The molecule has 0 aliphatic rings. The maximum atomic E-state index is 9.92. The summed E-state index contributed by atoms with van der Waals surface area (Å²) in [6.45, 7) is 2.11. The number of phenols is 1. The van der Waals surface area contributed by atoms with Gasteiger partial charge in [0.05, 0.1) is 12.3 Å². The lowest BCUT2D eigenvalue weighted by Crippen LogP contribution is -2.08. The van der Waals surface area contributed by atoms with Crippen LogP contribution in [0.4, 0.5) is 5.69 Å². The van der Waals surface area contributed by atoms with Gasteiger partial charge >= 0.3 is 0 Å². The molecule has 1 aromatic heterocycles. The monoisotopic (exact) mass is 267 g/mol. The Morgan fingerprint density at radius 3 is 2.60 bits per heavy atom. The maximum absolute atomic E-state index is 9.92. The van der Waals surface area contributed by atoms with Gasteiger partial charge in [0.1, 0.15) is 11.5 Å². The van der Waals surface area contributed by atoms with Crippen LogP contribution in [0.1, 0.15) is 25.1 Å². The van der Waals surface area contributed by atoms with Crippen LogP contribution in [0.15, 0.2) is 59.2 Å². The van der Waals surface area contributed by atoms with Crippen LogP contribution in [0.5, 0.6) is 5.75 Å².